The van der Waals surface area contributed by atoms with E-state index in [9.17, 15) is 4.79 Å². The van der Waals surface area contributed by atoms with E-state index in [1.54, 1.807) is 50.6 Å². The molecule has 0 radical (unpaired) electrons. The largest absolute Gasteiger partial charge is 0.497 e. The standard InChI is InChI=1S/C23H20O4/c1-25-21-14-18(15-22(16-21)26-2)9-8-17-10-12-20(13-11-17)27-23(24)19-6-4-3-5-7-19/h3-16H,1-2H3/b9-8+. The van der Waals surface area contributed by atoms with Crippen molar-refractivity contribution < 1.29 is 19.0 Å². The highest BCUT2D eigenvalue weighted by Gasteiger charge is 2.07. The minimum atomic E-state index is -0.373. The summed E-state index contributed by atoms with van der Waals surface area (Å²) in [7, 11) is 3.25. The zero-order valence-electron chi connectivity index (χ0n) is 15.2. The van der Waals surface area contributed by atoms with Crippen LogP contribution in [0.1, 0.15) is 21.5 Å². The number of esters is 1. The van der Waals surface area contributed by atoms with Gasteiger partial charge in [-0.3, -0.25) is 0 Å². The zero-order chi connectivity index (χ0) is 19.1. The van der Waals surface area contributed by atoms with Gasteiger partial charge >= 0.3 is 5.97 Å². The van der Waals surface area contributed by atoms with Crippen LogP contribution in [-0.2, 0) is 0 Å². The Balaban J connectivity index is 1.69. The molecule has 0 atom stereocenters. The van der Waals surface area contributed by atoms with Crippen LogP contribution in [0.15, 0.2) is 72.8 Å². The van der Waals surface area contributed by atoms with E-state index in [0.29, 0.717) is 11.3 Å². The molecule has 4 heteroatoms. The molecule has 0 heterocycles. The fourth-order valence-corrected chi connectivity index (χ4v) is 2.51. The molecule has 0 amide bonds. The third-order valence-electron chi connectivity index (χ3n) is 3.94. The normalized spacial score (nSPS) is 10.6. The second-order valence-corrected chi connectivity index (χ2v) is 5.80. The highest BCUT2D eigenvalue weighted by molar-refractivity contribution is 5.91. The molecule has 0 spiro atoms. The maximum absolute atomic E-state index is 12.1. The van der Waals surface area contributed by atoms with Crippen molar-refractivity contribution >= 4 is 18.1 Å². The molecule has 3 aromatic carbocycles. The van der Waals surface area contributed by atoms with Gasteiger partial charge < -0.3 is 14.2 Å². The summed E-state index contributed by atoms with van der Waals surface area (Å²) in [5, 5.41) is 0. The minimum absolute atomic E-state index is 0.373. The first-order chi connectivity index (χ1) is 13.2. The summed E-state index contributed by atoms with van der Waals surface area (Å²) in [6.07, 6.45) is 3.94. The van der Waals surface area contributed by atoms with Crippen molar-refractivity contribution in [3.8, 4) is 17.2 Å². The predicted octanol–water partition coefficient (Wildman–Crippen LogP) is 5.09. The van der Waals surface area contributed by atoms with Gasteiger partial charge in [0.25, 0.3) is 0 Å². The molecule has 0 aliphatic rings. The molecule has 0 saturated heterocycles. The quantitative estimate of drug-likeness (QED) is 0.349. The van der Waals surface area contributed by atoms with Crippen molar-refractivity contribution in [1.82, 2.24) is 0 Å². The van der Waals surface area contributed by atoms with Crippen molar-refractivity contribution in [2.24, 2.45) is 0 Å². The van der Waals surface area contributed by atoms with E-state index in [0.717, 1.165) is 22.6 Å². The average Bonchev–Trinajstić information content (AvgIpc) is 2.73. The lowest BCUT2D eigenvalue weighted by Crippen LogP contribution is -2.07. The van der Waals surface area contributed by atoms with E-state index in [1.165, 1.54) is 0 Å². The van der Waals surface area contributed by atoms with Crippen LogP contribution in [0.4, 0.5) is 0 Å². The molecule has 0 N–H and O–H groups in total. The Hall–Kier alpha value is -3.53. The van der Waals surface area contributed by atoms with E-state index in [1.807, 2.05) is 48.6 Å². The van der Waals surface area contributed by atoms with Crippen LogP contribution in [0, 0.1) is 0 Å². The lowest BCUT2D eigenvalue weighted by atomic mass is 10.1. The Bertz CT molecular complexity index is 906. The maximum atomic E-state index is 12.1. The van der Waals surface area contributed by atoms with Crippen LogP contribution in [0.5, 0.6) is 17.2 Å². The van der Waals surface area contributed by atoms with Crippen molar-refractivity contribution in [1.29, 1.82) is 0 Å². The molecule has 27 heavy (non-hydrogen) atoms. The summed E-state index contributed by atoms with van der Waals surface area (Å²) in [5.41, 5.74) is 2.47. The third kappa shape index (κ3) is 4.98. The summed E-state index contributed by atoms with van der Waals surface area (Å²) in [6, 6.07) is 21.9. The summed E-state index contributed by atoms with van der Waals surface area (Å²) >= 11 is 0. The Morgan fingerprint density at radius 3 is 1.89 bits per heavy atom. The lowest BCUT2D eigenvalue weighted by Gasteiger charge is -2.06. The van der Waals surface area contributed by atoms with Crippen molar-refractivity contribution in [2.45, 2.75) is 0 Å². The number of hydrogen-bond acceptors (Lipinski definition) is 4. The number of ether oxygens (including phenoxy) is 3. The van der Waals surface area contributed by atoms with Crippen molar-refractivity contribution in [3.05, 3.63) is 89.5 Å². The average molecular weight is 360 g/mol. The molecule has 0 aliphatic heterocycles. The monoisotopic (exact) mass is 360 g/mol. The molecule has 0 saturated carbocycles. The van der Waals surface area contributed by atoms with E-state index in [4.69, 9.17) is 14.2 Å². The summed E-state index contributed by atoms with van der Waals surface area (Å²) in [4.78, 5) is 12.1. The molecule has 0 bridgehead atoms. The van der Waals surface area contributed by atoms with Gasteiger partial charge in [0.05, 0.1) is 19.8 Å². The summed E-state index contributed by atoms with van der Waals surface area (Å²) < 4.78 is 15.9. The predicted molar refractivity (Wildman–Crippen MR) is 106 cm³/mol. The van der Waals surface area contributed by atoms with Crippen LogP contribution >= 0.6 is 0 Å². The Labute approximate surface area is 158 Å². The maximum Gasteiger partial charge on any atom is 0.343 e. The van der Waals surface area contributed by atoms with Gasteiger partial charge in [0.2, 0.25) is 0 Å². The molecular formula is C23H20O4. The first-order valence-electron chi connectivity index (χ1n) is 8.46. The summed E-state index contributed by atoms with van der Waals surface area (Å²) in [6.45, 7) is 0. The lowest BCUT2D eigenvalue weighted by molar-refractivity contribution is 0.0735. The van der Waals surface area contributed by atoms with Crippen molar-refractivity contribution in [3.63, 3.8) is 0 Å². The molecule has 4 nitrogen and oxygen atoms in total. The molecular weight excluding hydrogens is 340 g/mol. The highest BCUT2D eigenvalue weighted by Crippen LogP contribution is 2.24. The van der Waals surface area contributed by atoms with Gasteiger partial charge in [-0.05, 0) is 47.5 Å². The number of hydrogen-bond donors (Lipinski definition) is 0. The van der Waals surface area contributed by atoms with Crippen molar-refractivity contribution in [2.75, 3.05) is 14.2 Å². The van der Waals surface area contributed by atoms with Crippen LogP contribution in [0.3, 0.4) is 0 Å². The van der Waals surface area contributed by atoms with Crippen LogP contribution in [0.2, 0.25) is 0 Å². The van der Waals surface area contributed by atoms with Gasteiger partial charge in [0, 0.05) is 6.07 Å². The zero-order valence-corrected chi connectivity index (χ0v) is 15.2. The SMILES string of the molecule is COc1cc(/C=C/c2ccc(OC(=O)c3ccccc3)cc2)cc(OC)c1. The number of carbonyl (C=O) groups is 1. The number of carbonyl (C=O) groups excluding carboxylic acids is 1. The van der Waals surface area contributed by atoms with E-state index < -0.39 is 0 Å². The van der Waals surface area contributed by atoms with Gasteiger partial charge in [0.15, 0.2) is 0 Å². The Kier molecular flexibility index (Phi) is 5.90. The van der Waals surface area contributed by atoms with E-state index >= 15 is 0 Å². The van der Waals surface area contributed by atoms with Gasteiger partial charge in [-0.2, -0.15) is 0 Å². The van der Waals surface area contributed by atoms with Gasteiger partial charge in [-0.15, -0.1) is 0 Å². The van der Waals surface area contributed by atoms with E-state index in [-0.39, 0.29) is 5.97 Å². The molecule has 0 aromatic heterocycles. The minimum Gasteiger partial charge on any atom is -0.497 e. The van der Waals surface area contributed by atoms with E-state index in [2.05, 4.69) is 0 Å². The van der Waals surface area contributed by atoms with Gasteiger partial charge in [-0.1, -0.05) is 42.5 Å². The summed E-state index contributed by atoms with van der Waals surface area (Å²) in [5.74, 6) is 1.60. The molecule has 0 fully saturated rings. The highest BCUT2D eigenvalue weighted by atomic mass is 16.5. The second kappa shape index (κ2) is 8.72. The number of benzene rings is 3. The first-order valence-corrected chi connectivity index (χ1v) is 8.46. The molecule has 3 rings (SSSR count). The second-order valence-electron chi connectivity index (χ2n) is 5.80. The first kappa shape index (κ1) is 18.3. The Morgan fingerprint density at radius 2 is 1.30 bits per heavy atom. The fourth-order valence-electron chi connectivity index (χ4n) is 2.51. The number of rotatable bonds is 6. The smallest absolute Gasteiger partial charge is 0.343 e. The molecule has 136 valence electrons. The number of methoxy groups -OCH3 is 2. The Morgan fingerprint density at radius 1 is 0.704 bits per heavy atom. The fraction of sp³-hybridized carbons (Fsp3) is 0.0870. The van der Waals surface area contributed by atoms with Crippen LogP contribution < -0.4 is 14.2 Å². The van der Waals surface area contributed by atoms with Gasteiger partial charge in [0.1, 0.15) is 17.2 Å². The molecule has 0 aliphatic carbocycles. The van der Waals surface area contributed by atoms with Crippen LogP contribution in [-0.4, -0.2) is 20.2 Å². The molecule has 0 unspecified atom stereocenters. The third-order valence-corrected chi connectivity index (χ3v) is 3.94. The molecule has 3 aromatic rings. The van der Waals surface area contributed by atoms with Crippen LogP contribution in [0.25, 0.3) is 12.2 Å². The van der Waals surface area contributed by atoms with Gasteiger partial charge in [-0.25, -0.2) is 4.79 Å². The topological polar surface area (TPSA) is 44.8 Å².